The van der Waals surface area contributed by atoms with Crippen molar-refractivity contribution in [3.63, 3.8) is 0 Å². The Labute approximate surface area is 172 Å². The molecule has 3 rings (SSSR count). The van der Waals surface area contributed by atoms with Crippen molar-refractivity contribution in [3.8, 4) is 5.75 Å². The predicted molar refractivity (Wildman–Crippen MR) is 103 cm³/mol. The molecule has 0 saturated carbocycles. The number of nitrogens with one attached hydrogen (secondary N) is 1. The number of sulfonamides is 1. The number of hydrogen-bond acceptors (Lipinski definition) is 4. The third-order valence-corrected chi connectivity index (χ3v) is 6.08. The van der Waals surface area contributed by atoms with E-state index in [9.17, 15) is 26.4 Å². The lowest BCUT2D eigenvalue weighted by atomic mass is 10.1. The second-order valence-electron chi connectivity index (χ2n) is 7.17. The molecule has 0 bridgehead atoms. The molecule has 2 aromatic carbocycles. The first-order valence-electron chi connectivity index (χ1n) is 9.15. The SMILES string of the molecule is CNS(=O)(=O)c1ccc(OC(C)C)c(C(=O)N2Cc3ccc(C(F)(F)F)cc3C2)c1. The summed E-state index contributed by atoms with van der Waals surface area (Å²) in [5, 5.41) is 0. The van der Waals surface area contributed by atoms with Crippen LogP contribution in [0.3, 0.4) is 0 Å². The number of rotatable bonds is 5. The number of nitrogens with zero attached hydrogens (tertiary/aromatic N) is 1. The van der Waals surface area contributed by atoms with Gasteiger partial charge < -0.3 is 9.64 Å². The van der Waals surface area contributed by atoms with Gasteiger partial charge in [-0.05, 0) is 62.4 Å². The number of carbonyl (C=O) groups is 1. The quantitative estimate of drug-likeness (QED) is 0.769. The standard InChI is InChI=1S/C20H21F3N2O4S/c1-12(2)29-18-7-6-16(30(27,28)24-3)9-17(18)19(26)25-10-13-4-5-15(20(21,22)23)8-14(13)11-25/h4-9,12,24H,10-11H2,1-3H3. The third-order valence-electron chi connectivity index (χ3n) is 4.67. The van der Waals surface area contributed by atoms with Gasteiger partial charge in [-0.3, -0.25) is 4.79 Å². The summed E-state index contributed by atoms with van der Waals surface area (Å²) < 4.78 is 71.1. The van der Waals surface area contributed by atoms with Crippen LogP contribution in [-0.2, 0) is 29.3 Å². The van der Waals surface area contributed by atoms with Crippen molar-refractivity contribution in [3.05, 3.63) is 58.7 Å². The van der Waals surface area contributed by atoms with Crippen molar-refractivity contribution in [1.29, 1.82) is 0 Å². The fraction of sp³-hybridized carbons (Fsp3) is 0.350. The van der Waals surface area contributed by atoms with Crippen LogP contribution in [0.15, 0.2) is 41.3 Å². The van der Waals surface area contributed by atoms with E-state index in [1.807, 2.05) is 0 Å². The van der Waals surface area contributed by atoms with E-state index in [4.69, 9.17) is 4.74 Å². The molecule has 0 aromatic heterocycles. The lowest BCUT2D eigenvalue weighted by Crippen LogP contribution is -2.27. The summed E-state index contributed by atoms with van der Waals surface area (Å²) in [5.41, 5.74) is 0.274. The number of fused-ring (bicyclic) bond motifs is 1. The van der Waals surface area contributed by atoms with E-state index in [0.29, 0.717) is 11.1 Å². The fourth-order valence-electron chi connectivity index (χ4n) is 3.20. The minimum Gasteiger partial charge on any atom is -0.490 e. The Morgan fingerprint density at radius 3 is 2.37 bits per heavy atom. The normalized spacial score (nSPS) is 14.2. The number of carbonyl (C=O) groups excluding carboxylic acids is 1. The van der Waals surface area contributed by atoms with Gasteiger partial charge in [-0.1, -0.05) is 6.07 Å². The molecule has 30 heavy (non-hydrogen) atoms. The molecule has 1 heterocycles. The molecule has 0 fully saturated rings. The van der Waals surface area contributed by atoms with Gasteiger partial charge in [0.1, 0.15) is 5.75 Å². The predicted octanol–water partition coefficient (Wildman–Crippen LogP) is 3.56. The van der Waals surface area contributed by atoms with E-state index in [1.54, 1.807) is 13.8 Å². The molecule has 1 N–H and O–H groups in total. The first-order valence-corrected chi connectivity index (χ1v) is 10.6. The van der Waals surface area contributed by atoms with Gasteiger partial charge in [-0.25, -0.2) is 13.1 Å². The summed E-state index contributed by atoms with van der Waals surface area (Å²) in [5.74, 6) is -0.319. The highest BCUT2D eigenvalue weighted by molar-refractivity contribution is 7.89. The van der Waals surface area contributed by atoms with Crippen LogP contribution in [0.2, 0.25) is 0 Å². The highest BCUT2D eigenvalue weighted by Crippen LogP contribution is 2.34. The maximum atomic E-state index is 13.2. The number of halogens is 3. The van der Waals surface area contributed by atoms with Gasteiger partial charge in [0.05, 0.1) is 22.1 Å². The average molecular weight is 442 g/mol. The molecule has 2 aromatic rings. The van der Waals surface area contributed by atoms with E-state index in [-0.39, 0.29) is 35.4 Å². The zero-order valence-corrected chi connectivity index (χ0v) is 17.4. The Kier molecular flexibility index (Phi) is 5.83. The summed E-state index contributed by atoms with van der Waals surface area (Å²) in [4.78, 5) is 14.4. The van der Waals surface area contributed by atoms with Gasteiger partial charge in [0, 0.05) is 13.1 Å². The Bertz CT molecular complexity index is 1080. The van der Waals surface area contributed by atoms with Crippen molar-refractivity contribution in [2.45, 2.75) is 44.1 Å². The third kappa shape index (κ3) is 4.44. The maximum absolute atomic E-state index is 13.2. The first kappa shape index (κ1) is 22.1. The largest absolute Gasteiger partial charge is 0.490 e. The number of hydrogen-bond donors (Lipinski definition) is 1. The summed E-state index contributed by atoms with van der Waals surface area (Å²) in [6.07, 6.45) is -4.74. The van der Waals surface area contributed by atoms with Gasteiger partial charge in [-0.2, -0.15) is 13.2 Å². The lowest BCUT2D eigenvalue weighted by molar-refractivity contribution is -0.137. The van der Waals surface area contributed by atoms with Crippen molar-refractivity contribution < 1.29 is 31.1 Å². The van der Waals surface area contributed by atoms with Gasteiger partial charge in [0.15, 0.2) is 0 Å². The average Bonchev–Trinajstić information content (AvgIpc) is 3.09. The molecule has 0 spiro atoms. The molecule has 0 radical (unpaired) electrons. The number of alkyl halides is 3. The molecule has 162 valence electrons. The summed E-state index contributed by atoms with van der Waals surface area (Å²) in [6.45, 7) is 3.63. The monoisotopic (exact) mass is 442 g/mol. The summed E-state index contributed by atoms with van der Waals surface area (Å²) in [7, 11) is -2.55. The maximum Gasteiger partial charge on any atom is 0.416 e. The minimum atomic E-state index is -4.47. The summed E-state index contributed by atoms with van der Waals surface area (Å²) >= 11 is 0. The highest BCUT2D eigenvalue weighted by atomic mass is 32.2. The van der Waals surface area contributed by atoms with Crippen LogP contribution in [0, 0.1) is 0 Å². The van der Waals surface area contributed by atoms with Crippen molar-refractivity contribution in [1.82, 2.24) is 9.62 Å². The molecule has 0 aliphatic carbocycles. The zero-order chi connectivity index (χ0) is 22.3. The zero-order valence-electron chi connectivity index (χ0n) is 16.6. The Balaban J connectivity index is 1.96. The summed E-state index contributed by atoms with van der Waals surface area (Å²) in [6, 6.07) is 7.34. The van der Waals surface area contributed by atoms with Crippen molar-refractivity contribution in [2.75, 3.05) is 7.05 Å². The second-order valence-corrected chi connectivity index (χ2v) is 9.06. The number of ether oxygens (including phenoxy) is 1. The molecule has 0 unspecified atom stereocenters. The Hall–Kier alpha value is -2.59. The van der Waals surface area contributed by atoms with Crippen LogP contribution >= 0.6 is 0 Å². The molecule has 1 aliphatic rings. The molecule has 1 amide bonds. The van der Waals surface area contributed by atoms with Gasteiger partial charge in [-0.15, -0.1) is 0 Å². The van der Waals surface area contributed by atoms with Crippen LogP contribution in [0.5, 0.6) is 5.75 Å². The molecule has 10 heteroatoms. The van der Waals surface area contributed by atoms with E-state index in [1.165, 1.54) is 36.2 Å². The molecule has 1 aliphatic heterocycles. The van der Waals surface area contributed by atoms with E-state index in [0.717, 1.165) is 12.1 Å². The Morgan fingerprint density at radius 2 is 1.77 bits per heavy atom. The van der Waals surface area contributed by atoms with E-state index < -0.39 is 27.7 Å². The van der Waals surface area contributed by atoms with Crippen LogP contribution in [-0.4, -0.2) is 32.4 Å². The number of amides is 1. The van der Waals surface area contributed by atoms with Gasteiger partial charge in [0.2, 0.25) is 10.0 Å². The van der Waals surface area contributed by atoms with Crippen LogP contribution in [0.25, 0.3) is 0 Å². The minimum absolute atomic E-state index is 0.0117. The van der Waals surface area contributed by atoms with Gasteiger partial charge in [0.25, 0.3) is 5.91 Å². The smallest absolute Gasteiger partial charge is 0.416 e. The molecule has 6 nitrogen and oxygen atoms in total. The first-order chi connectivity index (χ1) is 13.9. The van der Waals surface area contributed by atoms with E-state index >= 15 is 0 Å². The highest BCUT2D eigenvalue weighted by Gasteiger charge is 2.33. The Morgan fingerprint density at radius 1 is 1.10 bits per heavy atom. The lowest BCUT2D eigenvalue weighted by Gasteiger charge is -2.20. The fourth-order valence-corrected chi connectivity index (χ4v) is 3.96. The van der Waals surface area contributed by atoms with Crippen LogP contribution in [0.1, 0.15) is 40.9 Å². The second kappa shape index (κ2) is 7.92. The van der Waals surface area contributed by atoms with Crippen LogP contribution in [0.4, 0.5) is 13.2 Å². The topological polar surface area (TPSA) is 75.7 Å². The molecular formula is C20H21F3N2O4S. The van der Waals surface area contributed by atoms with Crippen LogP contribution < -0.4 is 9.46 Å². The molecular weight excluding hydrogens is 421 g/mol. The van der Waals surface area contributed by atoms with Gasteiger partial charge >= 0.3 is 6.18 Å². The van der Waals surface area contributed by atoms with E-state index in [2.05, 4.69) is 4.72 Å². The van der Waals surface area contributed by atoms with Crippen molar-refractivity contribution in [2.24, 2.45) is 0 Å². The molecule has 0 saturated heterocycles. The van der Waals surface area contributed by atoms with Crippen molar-refractivity contribution >= 4 is 15.9 Å². The molecule has 0 atom stereocenters. The number of benzene rings is 2.